The van der Waals surface area contributed by atoms with Crippen LogP contribution in [0.1, 0.15) is 17.5 Å². The van der Waals surface area contributed by atoms with Crippen LogP contribution in [-0.2, 0) is 9.59 Å². The molecule has 0 unspecified atom stereocenters. The molecule has 0 saturated carbocycles. The number of carbonyl (C=O) groups is 2. The lowest BCUT2D eigenvalue weighted by Gasteiger charge is -2.09. The highest BCUT2D eigenvalue weighted by Crippen LogP contribution is 2.15. The van der Waals surface area contributed by atoms with E-state index in [0.717, 1.165) is 0 Å². The highest BCUT2D eigenvalue weighted by Gasteiger charge is 2.12. The minimum absolute atomic E-state index is 0.336. The summed E-state index contributed by atoms with van der Waals surface area (Å²) in [5.74, 6) is 4.03. The molecule has 0 aromatic heterocycles. The quantitative estimate of drug-likeness (QED) is 0.674. The van der Waals surface area contributed by atoms with Gasteiger partial charge in [-0.3, -0.25) is 9.59 Å². The van der Waals surface area contributed by atoms with Crippen LogP contribution in [0.25, 0.3) is 0 Å². The van der Waals surface area contributed by atoms with Crippen molar-refractivity contribution < 1.29 is 9.59 Å². The summed E-state index contributed by atoms with van der Waals surface area (Å²) in [5, 5.41) is 5.25. The van der Waals surface area contributed by atoms with Gasteiger partial charge < -0.3 is 10.6 Å². The fraction of sp³-hybridized carbons (Fsp3) is 0.0526. The number of rotatable bonds is 4. The van der Waals surface area contributed by atoms with Crippen molar-refractivity contribution in [3.8, 4) is 24.7 Å². The first-order valence-corrected chi connectivity index (χ1v) is 6.85. The van der Waals surface area contributed by atoms with Gasteiger partial charge in [0.2, 0.25) is 11.8 Å². The number of hydrogen-bond acceptors (Lipinski definition) is 2. The van der Waals surface area contributed by atoms with Crippen LogP contribution in [0.2, 0.25) is 0 Å². The maximum Gasteiger partial charge on any atom is 0.233 e. The summed E-state index contributed by atoms with van der Waals surface area (Å²) in [6.45, 7) is 0. The van der Waals surface area contributed by atoms with Gasteiger partial charge in [-0.15, -0.1) is 12.8 Å². The van der Waals surface area contributed by atoms with Crippen LogP contribution in [0.5, 0.6) is 0 Å². The molecule has 2 N–H and O–H groups in total. The Kier molecular flexibility index (Phi) is 5.17. The van der Waals surface area contributed by atoms with E-state index in [9.17, 15) is 9.59 Å². The van der Waals surface area contributed by atoms with E-state index in [1.807, 2.05) is 0 Å². The average Bonchev–Trinajstić information content (AvgIpc) is 2.55. The third kappa shape index (κ3) is 4.23. The van der Waals surface area contributed by atoms with Crippen molar-refractivity contribution in [3.05, 3.63) is 59.7 Å². The maximum absolute atomic E-state index is 12.0. The van der Waals surface area contributed by atoms with Crippen molar-refractivity contribution in [1.82, 2.24) is 0 Å². The third-order valence-corrected chi connectivity index (χ3v) is 3.03. The molecule has 0 aliphatic carbocycles. The number of benzene rings is 2. The summed E-state index contributed by atoms with van der Waals surface area (Å²) >= 11 is 0. The van der Waals surface area contributed by atoms with E-state index in [2.05, 4.69) is 22.5 Å². The molecular weight excluding hydrogens is 288 g/mol. The first-order valence-electron chi connectivity index (χ1n) is 6.85. The predicted octanol–water partition coefficient (Wildman–Crippen LogP) is 2.62. The van der Waals surface area contributed by atoms with E-state index >= 15 is 0 Å². The lowest BCUT2D eigenvalue weighted by molar-refractivity contribution is -0.123. The van der Waals surface area contributed by atoms with Gasteiger partial charge in [-0.05, 0) is 24.3 Å². The van der Waals surface area contributed by atoms with Gasteiger partial charge in [0, 0.05) is 11.1 Å². The summed E-state index contributed by atoms with van der Waals surface area (Å²) in [6.07, 6.45) is 10.4. The Balaban J connectivity index is 1.99. The first kappa shape index (κ1) is 15.9. The monoisotopic (exact) mass is 302 g/mol. The second-order valence-electron chi connectivity index (χ2n) is 4.65. The lowest BCUT2D eigenvalue weighted by atomic mass is 10.1. The topological polar surface area (TPSA) is 58.2 Å². The van der Waals surface area contributed by atoms with Crippen molar-refractivity contribution in [2.24, 2.45) is 0 Å². The van der Waals surface area contributed by atoms with Crippen LogP contribution >= 0.6 is 0 Å². The molecule has 2 amide bonds. The number of para-hydroxylation sites is 2. The third-order valence-electron chi connectivity index (χ3n) is 3.03. The number of nitrogens with one attached hydrogen (secondary N) is 2. The molecule has 23 heavy (non-hydrogen) atoms. The SMILES string of the molecule is C#Cc1ccccc1NC(=O)CC(=O)Nc1ccccc1C#C. The van der Waals surface area contributed by atoms with Crippen molar-refractivity contribution >= 4 is 23.2 Å². The number of amides is 2. The Morgan fingerprint density at radius 1 is 0.783 bits per heavy atom. The van der Waals surface area contributed by atoms with E-state index in [4.69, 9.17) is 12.8 Å². The van der Waals surface area contributed by atoms with E-state index in [1.165, 1.54) is 0 Å². The van der Waals surface area contributed by atoms with Gasteiger partial charge in [0.15, 0.2) is 0 Å². The van der Waals surface area contributed by atoms with Gasteiger partial charge in [-0.1, -0.05) is 36.1 Å². The van der Waals surface area contributed by atoms with Crippen molar-refractivity contribution in [2.45, 2.75) is 6.42 Å². The number of carbonyl (C=O) groups excluding carboxylic acids is 2. The zero-order chi connectivity index (χ0) is 16.7. The molecule has 0 atom stereocenters. The fourth-order valence-electron chi connectivity index (χ4n) is 1.97. The Hall–Kier alpha value is -3.50. The molecule has 0 aliphatic rings. The van der Waals surface area contributed by atoms with Crippen molar-refractivity contribution in [3.63, 3.8) is 0 Å². The van der Waals surface area contributed by atoms with Crippen LogP contribution in [0.3, 0.4) is 0 Å². The molecule has 2 rings (SSSR count). The molecule has 0 bridgehead atoms. The van der Waals surface area contributed by atoms with Gasteiger partial charge in [-0.25, -0.2) is 0 Å². The van der Waals surface area contributed by atoms with Crippen LogP contribution in [0.15, 0.2) is 48.5 Å². The van der Waals surface area contributed by atoms with Gasteiger partial charge in [0.1, 0.15) is 6.42 Å². The largest absolute Gasteiger partial charge is 0.325 e. The molecule has 0 saturated heterocycles. The number of anilines is 2. The minimum atomic E-state index is -0.455. The molecule has 0 spiro atoms. The molecule has 4 nitrogen and oxygen atoms in total. The van der Waals surface area contributed by atoms with Gasteiger partial charge >= 0.3 is 0 Å². The van der Waals surface area contributed by atoms with E-state index in [-0.39, 0.29) is 6.42 Å². The molecule has 112 valence electrons. The van der Waals surface area contributed by atoms with E-state index < -0.39 is 11.8 Å². The number of hydrogen-bond donors (Lipinski definition) is 2. The van der Waals surface area contributed by atoms with Crippen LogP contribution in [0.4, 0.5) is 11.4 Å². The Morgan fingerprint density at radius 3 is 1.57 bits per heavy atom. The Bertz CT molecular complexity index is 756. The molecule has 4 heteroatoms. The van der Waals surface area contributed by atoms with E-state index in [0.29, 0.717) is 22.5 Å². The van der Waals surface area contributed by atoms with Gasteiger partial charge in [0.05, 0.1) is 11.4 Å². The summed E-state index contributed by atoms with van der Waals surface area (Å²) in [5.41, 5.74) is 2.10. The van der Waals surface area contributed by atoms with Crippen LogP contribution in [-0.4, -0.2) is 11.8 Å². The number of terminal acetylenes is 2. The second kappa shape index (κ2) is 7.49. The molecule has 2 aromatic carbocycles. The van der Waals surface area contributed by atoms with Crippen LogP contribution < -0.4 is 10.6 Å². The zero-order valence-corrected chi connectivity index (χ0v) is 12.3. The predicted molar refractivity (Wildman–Crippen MR) is 90.6 cm³/mol. The second-order valence-corrected chi connectivity index (χ2v) is 4.65. The highest BCUT2D eigenvalue weighted by atomic mass is 16.2. The standard InChI is InChI=1S/C19H14N2O2/c1-3-14-9-5-7-11-16(14)20-18(22)13-19(23)21-17-12-8-6-10-15(17)4-2/h1-2,5-12H,13H2,(H,20,22)(H,21,23). The normalized spacial score (nSPS) is 9.30. The summed E-state index contributed by atoms with van der Waals surface area (Å²) in [6, 6.07) is 13.8. The molecule has 0 aliphatic heterocycles. The molecule has 0 radical (unpaired) electrons. The van der Waals surface area contributed by atoms with Gasteiger partial charge in [-0.2, -0.15) is 0 Å². The fourth-order valence-corrected chi connectivity index (χ4v) is 1.97. The molecule has 0 heterocycles. The van der Waals surface area contributed by atoms with E-state index in [1.54, 1.807) is 48.5 Å². The summed E-state index contributed by atoms with van der Waals surface area (Å²) in [7, 11) is 0. The average molecular weight is 302 g/mol. The molecule has 2 aromatic rings. The van der Waals surface area contributed by atoms with Gasteiger partial charge in [0.25, 0.3) is 0 Å². The maximum atomic E-state index is 12.0. The Morgan fingerprint density at radius 2 is 1.17 bits per heavy atom. The lowest BCUT2D eigenvalue weighted by Crippen LogP contribution is -2.22. The highest BCUT2D eigenvalue weighted by molar-refractivity contribution is 6.08. The summed E-state index contributed by atoms with van der Waals surface area (Å²) in [4.78, 5) is 23.9. The van der Waals surface area contributed by atoms with Crippen molar-refractivity contribution in [2.75, 3.05) is 10.6 Å². The van der Waals surface area contributed by atoms with Crippen molar-refractivity contribution in [1.29, 1.82) is 0 Å². The first-order chi connectivity index (χ1) is 11.1. The summed E-state index contributed by atoms with van der Waals surface area (Å²) < 4.78 is 0. The smallest absolute Gasteiger partial charge is 0.233 e. The molecular formula is C19H14N2O2. The zero-order valence-electron chi connectivity index (χ0n) is 12.3. The molecule has 0 fully saturated rings. The Labute approximate surface area is 134 Å². The van der Waals surface area contributed by atoms with Crippen LogP contribution in [0, 0.1) is 24.7 Å². The minimum Gasteiger partial charge on any atom is -0.325 e.